The largest absolute Gasteiger partial charge is 0.382 e. The smallest absolute Gasteiger partial charge is 0.212 e. The number of hydrogen-bond acceptors (Lipinski definition) is 1. The van der Waals surface area contributed by atoms with Crippen molar-refractivity contribution in [3.63, 3.8) is 0 Å². The molecule has 0 aliphatic carbocycles. The number of aliphatic hydroxyl groups is 1. The van der Waals surface area contributed by atoms with Crippen molar-refractivity contribution in [2.24, 2.45) is 18.9 Å². The topological polar surface area (TPSA) is 24.1 Å². The number of likely N-dealkylation sites (N-methyl/N-ethyl adjacent to an activating group) is 1. The molecule has 1 N–H and O–H groups in total. The summed E-state index contributed by atoms with van der Waals surface area (Å²) in [5, 5.41) is 12.5. The molecule has 3 fully saturated rings. The zero-order valence-electron chi connectivity index (χ0n) is 14.7. The number of aliphatic hydroxyl groups excluding tert-OH is 1. The van der Waals surface area contributed by atoms with Crippen molar-refractivity contribution < 1.29 is 14.2 Å². The fourth-order valence-electron chi connectivity index (χ4n) is 5.14. The Morgan fingerprint density at radius 3 is 2.88 bits per heavy atom. The van der Waals surface area contributed by atoms with Crippen LogP contribution in [0.2, 0.25) is 0 Å². The molecule has 5 atom stereocenters. The summed E-state index contributed by atoms with van der Waals surface area (Å²) in [7, 11) is 4.39. The first kappa shape index (κ1) is 15.8. The maximum atomic E-state index is 11.3. The summed E-state index contributed by atoms with van der Waals surface area (Å²) in [5.41, 5.74) is 2.26. The molecule has 126 valence electrons. The third kappa shape index (κ3) is 2.30. The standard InChI is InChI=1S/C21H28N2O/c1-4-15-14-23(3)12-10-16(15)13-20(23)21(24)18-9-11-22(2)19-8-6-5-7-17(18)19/h4-9,11,15-16,20-21,24H,1,10,12-14H2,2-3H3/q+2. The number of aromatic nitrogens is 1. The van der Waals surface area contributed by atoms with E-state index < -0.39 is 6.10 Å². The van der Waals surface area contributed by atoms with E-state index >= 15 is 0 Å². The van der Waals surface area contributed by atoms with Crippen LogP contribution < -0.4 is 4.57 Å². The van der Waals surface area contributed by atoms with Crippen molar-refractivity contribution >= 4 is 10.9 Å². The predicted octanol–water partition coefficient (Wildman–Crippen LogP) is 2.74. The Kier molecular flexibility index (Phi) is 3.74. The lowest BCUT2D eigenvalue weighted by Gasteiger charge is -2.56. The Bertz CT molecular complexity index is 787. The first-order valence-electron chi connectivity index (χ1n) is 9.05. The van der Waals surface area contributed by atoms with Crippen molar-refractivity contribution in [1.82, 2.24) is 0 Å². The van der Waals surface area contributed by atoms with Crippen molar-refractivity contribution in [1.29, 1.82) is 0 Å². The number of hydrogen-bond donors (Lipinski definition) is 1. The molecule has 4 heterocycles. The second-order valence-corrected chi connectivity index (χ2v) is 7.98. The van der Waals surface area contributed by atoms with Gasteiger partial charge in [0.15, 0.2) is 6.20 Å². The maximum Gasteiger partial charge on any atom is 0.212 e. The monoisotopic (exact) mass is 324 g/mol. The molecule has 3 saturated heterocycles. The number of para-hydroxylation sites is 1. The molecular formula is C21H28N2O+2. The molecule has 1 aromatic carbocycles. The van der Waals surface area contributed by atoms with Gasteiger partial charge in [-0.2, -0.15) is 0 Å². The fourth-order valence-corrected chi connectivity index (χ4v) is 5.14. The van der Waals surface area contributed by atoms with Gasteiger partial charge >= 0.3 is 0 Å². The lowest BCUT2D eigenvalue weighted by Crippen LogP contribution is -2.66. The fraction of sp³-hybridized carbons (Fsp3) is 0.476. The molecule has 0 spiro atoms. The Labute approximate surface area is 144 Å². The second kappa shape index (κ2) is 5.68. The molecule has 0 amide bonds. The molecule has 1 aromatic heterocycles. The number of rotatable bonds is 3. The summed E-state index contributed by atoms with van der Waals surface area (Å²) in [4.78, 5) is 0. The van der Waals surface area contributed by atoms with Gasteiger partial charge in [-0.3, -0.25) is 0 Å². The van der Waals surface area contributed by atoms with Crippen LogP contribution in [0.3, 0.4) is 0 Å². The summed E-state index contributed by atoms with van der Waals surface area (Å²) in [6.45, 7) is 6.33. The third-order valence-electron chi connectivity index (χ3n) is 6.65. The maximum absolute atomic E-state index is 11.3. The van der Waals surface area contributed by atoms with Crippen molar-refractivity contribution in [3.8, 4) is 0 Å². The van der Waals surface area contributed by atoms with Crippen LogP contribution in [0, 0.1) is 11.8 Å². The molecular weight excluding hydrogens is 296 g/mol. The highest BCUT2D eigenvalue weighted by molar-refractivity contribution is 5.79. The van der Waals surface area contributed by atoms with Gasteiger partial charge in [-0.1, -0.05) is 18.2 Å². The SMILES string of the molecule is C=CC1C[N+]2(C)CCC1CC2C(O)c1cc[n+](C)c2ccccc12. The predicted molar refractivity (Wildman–Crippen MR) is 96.2 cm³/mol. The molecule has 0 saturated carbocycles. The van der Waals surface area contributed by atoms with E-state index in [2.05, 4.69) is 67.8 Å². The highest BCUT2D eigenvalue weighted by Crippen LogP contribution is 2.45. The van der Waals surface area contributed by atoms with Gasteiger partial charge in [0.05, 0.1) is 25.5 Å². The number of benzene rings is 1. The Balaban J connectivity index is 1.74. The molecule has 3 nitrogen and oxygen atoms in total. The van der Waals surface area contributed by atoms with Crippen molar-refractivity contribution in [2.45, 2.75) is 25.0 Å². The van der Waals surface area contributed by atoms with Gasteiger partial charge in [-0.25, -0.2) is 4.57 Å². The third-order valence-corrected chi connectivity index (χ3v) is 6.65. The summed E-state index contributed by atoms with van der Waals surface area (Å²) in [5.74, 6) is 1.30. The molecule has 3 aliphatic rings. The van der Waals surface area contributed by atoms with Gasteiger partial charge in [-0.05, 0) is 12.0 Å². The highest BCUT2D eigenvalue weighted by atomic mass is 16.3. The zero-order valence-corrected chi connectivity index (χ0v) is 14.7. The number of quaternary nitrogens is 1. The van der Waals surface area contributed by atoms with E-state index in [1.807, 2.05) is 0 Å². The van der Waals surface area contributed by atoms with E-state index in [9.17, 15) is 5.11 Å². The van der Waals surface area contributed by atoms with Crippen LogP contribution in [-0.4, -0.2) is 35.8 Å². The van der Waals surface area contributed by atoms with Gasteiger partial charge < -0.3 is 9.59 Å². The number of nitrogens with zero attached hydrogens (tertiary/aromatic N) is 2. The van der Waals surface area contributed by atoms with Gasteiger partial charge in [-0.15, -0.1) is 6.58 Å². The Morgan fingerprint density at radius 2 is 2.12 bits per heavy atom. The minimum absolute atomic E-state index is 0.288. The summed E-state index contributed by atoms with van der Waals surface area (Å²) >= 11 is 0. The summed E-state index contributed by atoms with van der Waals surface area (Å²) < 4.78 is 3.10. The van der Waals surface area contributed by atoms with E-state index in [0.717, 1.165) is 23.0 Å². The summed E-state index contributed by atoms with van der Waals surface area (Å²) in [6, 6.07) is 10.8. The summed E-state index contributed by atoms with van der Waals surface area (Å²) in [6.07, 6.45) is 6.17. The van der Waals surface area contributed by atoms with Gasteiger partial charge in [0.1, 0.15) is 19.2 Å². The quantitative estimate of drug-likeness (QED) is 0.524. The molecule has 24 heavy (non-hydrogen) atoms. The van der Waals surface area contributed by atoms with E-state index in [1.54, 1.807) is 0 Å². The lowest BCUT2D eigenvalue weighted by molar-refractivity contribution is -0.956. The minimum Gasteiger partial charge on any atom is -0.382 e. The highest BCUT2D eigenvalue weighted by Gasteiger charge is 2.51. The first-order valence-corrected chi connectivity index (χ1v) is 9.05. The van der Waals surface area contributed by atoms with Crippen LogP contribution in [0.15, 0.2) is 49.2 Å². The Hall–Kier alpha value is -1.71. The van der Waals surface area contributed by atoms with E-state index in [0.29, 0.717) is 11.8 Å². The molecule has 5 unspecified atom stereocenters. The average Bonchev–Trinajstić information content (AvgIpc) is 2.61. The average molecular weight is 324 g/mol. The number of pyridine rings is 1. The minimum atomic E-state index is -0.408. The second-order valence-electron chi connectivity index (χ2n) is 7.98. The number of fused-ring (bicyclic) bond motifs is 4. The molecule has 2 aromatic rings. The molecule has 2 bridgehead atoms. The van der Waals surface area contributed by atoms with Crippen LogP contribution in [0.4, 0.5) is 0 Å². The zero-order chi connectivity index (χ0) is 16.9. The molecule has 5 rings (SSSR count). The molecule has 3 aliphatic heterocycles. The van der Waals surface area contributed by atoms with E-state index in [-0.39, 0.29) is 6.04 Å². The van der Waals surface area contributed by atoms with Crippen LogP contribution in [-0.2, 0) is 7.05 Å². The van der Waals surface area contributed by atoms with Crippen LogP contribution in [0.25, 0.3) is 10.9 Å². The van der Waals surface area contributed by atoms with Crippen LogP contribution >= 0.6 is 0 Å². The first-order chi connectivity index (χ1) is 11.5. The molecule has 3 heteroatoms. The van der Waals surface area contributed by atoms with Crippen LogP contribution in [0.1, 0.15) is 24.5 Å². The van der Waals surface area contributed by atoms with E-state index in [4.69, 9.17) is 0 Å². The Morgan fingerprint density at radius 1 is 1.33 bits per heavy atom. The number of piperidine rings is 3. The van der Waals surface area contributed by atoms with Gasteiger partial charge in [0.25, 0.3) is 0 Å². The van der Waals surface area contributed by atoms with Gasteiger partial charge in [0.2, 0.25) is 5.52 Å². The lowest BCUT2D eigenvalue weighted by atomic mass is 9.72. The van der Waals surface area contributed by atoms with Crippen LogP contribution in [0.5, 0.6) is 0 Å². The van der Waals surface area contributed by atoms with E-state index in [1.165, 1.54) is 23.9 Å². The van der Waals surface area contributed by atoms with Gasteiger partial charge in [0, 0.05) is 36.5 Å². The van der Waals surface area contributed by atoms with Crippen molar-refractivity contribution in [2.75, 3.05) is 20.1 Å². The number of aryl methyl sites for hydroxylation is 1. The normalized spacial score (nSPS) is 33.5. The van der Waals surface area contributed by atoms with Crippen molar-refractivity contribution in [3.05, 3.63) is 54.7 Å². The molecule has 0 radical (unpaired) electrons.